The van der Waals surface area contributed by atoms with E-state index < -0.39 is 9.84 Å². The summed E-state index contributed by atoms with van der Waals surface area (Å²) >= 11 is 0. The largest absolute Gasteiger partial charge is 0.445 e. The molecule has 4 rings (SSSR count). The Labute approximate surface area is 153 Å². The van der Waals surface area contributed by atoms with Gasteiger partial charge in [0.1, 0.15) is 11.5 Å². The van der Waals surface area contributed by atoms with E-state index in [-0.39, 0.29) is 17.2 Å². The van der Waals surface area contributed by atoms with Crippen molar-refractivity contribution in [3.05, 3.63) is 47.2 Å². The van der Waals surface area contributed by atoms with E-state index in [1.807, 2.05) is 0 Å². The molecule has 1 aliphatic heterocycles. The zero-order valence-electron chi connectivity index (χ0n) is 14.8. The van der Waals surface area contributed by atoms with Gasteiger partial charge in [-0.3, -0.25) is 4.79 Å². The van der Waals surface area contributed by atoms with Crippen molar-refractivity contribution in [2.45, 2.75) is 49.5 Å². The predicted molar refractivity (Wildman–Crippen MR) is 95.5 cm³/mol. The minimum absolute atomic E-state index is 0.0240. The highest BCUT2D eigenvalue weighted by atomic mass is 32.2. The van der Waals surface area contributed by atoms with Gasteiger partial charge in [0.25, 0.3) is 0 Å². The number of carbonyl (C=O) groups excluding carboxylic acids is 1. The molecule has 0 radical (unpaired) electrons. The molecule has 0 N–H and O–H groups in total. The number of benzene rings is 1. The summed E-state index contributed by atoms with van der Waals surface area (Å²) in [5, 5.41) is 0. The summed E-state index contributed by atoms with van der Waals surface area (Å²) in [5.41, 5.74) is 1.70. The fourth-order valence-electron chi connectivity index (χ4n) is 3.40. The van der Waals surface area contributed by atoms with Gasteiger partial charge in [-0.15, -0.1) is 0 Å². The number of sulfone groups is 1. The van der Waals surface area contributed by atoms with Gasteiger partial charge in [-0.05, 0) is 30.5 Å². The Morgan fingerprint density at radius 3 is 2.62 bits per heavy atom. The molecule has 1 saturated carbocycles. The second-order valence-corrected chi connectivity index (χ2v) is 9.22. The average molecular weight is 374 g/mol. The van der Waals surface area contributed by atoms with Crippen LogP contribution in [0.25, 0.3) is 0 Å². The van der Waals surface area contributed by atoms with E-state index in [4.69, 9.17) is 4.42 Å². The Kier molecular flexibility index (Phi) is 4.34. The summed E-state index contributed by atoms with van der Waals surface area (Å²) in [6.45, 7) is 1.12. The molecule has 138 valence electrons. The molecule has 2 aromatic rings. The molecule has 1 aliphatic carbocycles. The van der Waals surface area contributed by atoms with E-state index in [2.05, 4.69) is 4.98 Å². The van der Waals surface area contributed by atoms with Gasteiger partial charge in [-0.2, -0.15) is 0 Å². The van der Waals surface area contributed by atoms with E-state index in [1.165, 1.54) is 12.7 Å². The maximum atomic E-state index is 12.6. The van der Waals surface area contributed by atoms with Crippen LogP contribution < -0.4 is 0 Å². The molecule has 1 fully saturated rings. The fourth-order valence-corrected chi connectivity index (χ4v) is 4.03. The molecule has 2 heterocycles. The molecular weight excluding hydrogens is 352 g/mol. The lowest BCUT2D eigenvalue weighted by molar-refractivity contribution is -0.131. The molecular formula is C19H22N2O4S. The van der Waals surface area contributed by atoms with E-state index in [1.54, 1.807) is 29.2 Å². The highest BCUT2D eigenvalue weighted by Crippen LogP contribution is 2.37. The summed E-state index contributed by atoms with van der Waals surface area (Å²) in [5.74, 6) is 2.24. The van der Waals surface area contributed by atoms with Gasteiger partial charge in [0.05, 0.1) is 17.9 Å². The van der Waals surface area contributed by atoms with Crippen molar-refractivity contribution in [1.29, 1.82) is 0 Å². The summed E-state index contributed by atoms with van der Waals surface area (Å²) in [4.78, 5) is 19.3. The van der Waals surface area contributed by atoms with Crippen LogP contribution in [0, 0.1) is 0 Å². The SMILES string of the molecule is CS(=O)(=O)c1ccc(CC(=O)N2CCc3oc(C4CCC4)nc3C2)cc1. The van der Waals surface area contributed by atoms with Crippen molar-refractivity contribution in [3.63, 3.8) is 0 Å². The zero-order chi connectivity index (χ0) is 18.3. The first kappa shape index (κ1) is 17.3. The highest BCUT2D eigenvalue weighted by Gasteiger charge is 2.30. The van der Waals surface area contributed by atoms with Gasteiger partial charge in [0.15, 0.2) is 15.7 Å². The van der Waals surface area contributed by atoms with Crippen LogP contribution in [-0.2, 0) is 34.0 Å². The Bertz CT molecular complexity index is 927. The third kappa shape index (κ3) is 3.40. The van der Waals surface area contributed by atoms with Crippen LogP contribution in [0.15, 0.2) is 33.6 Å². The fraction of sp³-hybridized carbons (Fsp3) is 0.474. The van der Waals surface area contributed by atoms with Gasteiger partial charge in [-0.25, -0.2) is 13.4 Å². The molecule has 1 aromatic heterocycles. The van der Waals surface area contributed by atoms with Crippen molar-refractivity contribution >= 4 is 15.7 Å². The van der Waals surface area contributed by atoms with Gasteiger partial charge in [-0.1, -0.05) is 18.6 Å². The Hall–Kier alpha value is -2.15. The number of nitrogens with zero attached hydrogens (tertiary/aromatic N) is 2. The quantitative estimate of drug-likeness (QED) is 0.821. The standard InChI is InChI=1S/C19H22N2O4S/c1-26(23,24)15-7-5-13(6-8-15)11-18(22)21-10-9-17-16(12-21)20-19(25-17)14-3-2-4-14/h5-8,14H,2-4,9-12H2,1H3. The lowest BCUT2D eigenvalue weighted by Gasteiger charge is -2.25. The van der Waals surface area contributed by atoms with Crippen LogP contribution in [0.2, 0.25) is 0 Å². The van der Waals surface area contributed by atoms with E-state index in [0.29, 0.717) is 25.4 Å². The molecule has 0 saturated heterocycles. The van der Waals surface area contributed by atoms with Gasteiger partial charge in [0, 0.05) is 25.1 Å². The van der Waals surface area contributed by atoms with Crippen LogP contribution in [0.5, 0.6) is 0 Å². The minimum atomic E-state index is -3.22. The molecule has 7 heteroatoms. The van der Waals surface area contributed by atoms with Crippen molar-refractivity contribution in [2.75, 3.05) is 12.8 Å². The topological polar surface area (TPSA) is 80.5 Å². The average Bonchev–Trinajstić information content (AvgIpc) is 2.95. The second kappa shape index (κ2) is 6.54. The number of fused-ring (bicyclic) bond motifs is 1. The molecule has 2 aliphatic rings. The minimum Gasteiger partial charge on any atom is -0.445 e. The first-order chi connectivity index (χ1) is 12.4. The molecule has 1 amide bonds. The van der Waals surface area contributed by atoms with Gasteiger partial charge < -0.3 is 9.32 Å². The van der Waals surface area contributed by atoms with Crippen molar-refractivity contribution in [3.8, 4) is 0 Å². The van der Waals surface area contributed by atoms with Gasteiger partial charge >= 0.3 is 0 Å². The maximum Gasteiger partial charge on any atom is 0.227 e. The number of oxazole rings is 1. The lowest BCUT2D eigenvalue weighted by Crippen LogP contribution is -2.36. The van der Waals surface area contributed by atoms with Crippen LogP contribution in [0.3, 0.4) is 0 Å². The summed E-state index contributed by atoms with van der Waals surface area (Å²) < 4.78 is 28.9. The Balaban J connectivity index is 1.42. The lowest BCUT2D eigenvalue weighted by atomic mass is 9.85. The normalized spacial score (nSPS) is 17.7. The number of hydrogen-bond acceptors (Lipinski definition) is 5. The molecule has 0 spiro atoms. The summed E-state index contributed by atoms with van der Waals surface area (Å²) in [6, 6.07) is 6.51. The third-order valence-electron chi connectivity index (χ3n) is 5.26. The predicted octanol–water partition coefficient (Wildman–Crippen LogP) is 2.47. The first-order valence-corrected chi connectivity index (χ1v) is 10.8. The van der Waals surface area contributed by atoms with Crippen molar-refractivity contribution in [1.82, 2.24) is 9.88 Å². The van der Waals surface area contributed by atoms with Crippen molar-refractivity contribution in [2.24, 2.45) is 0 Å². The summed E-state index contributed by atoms with van der Waals surface area (Å²) in [7, 11) is -3.22. The van der Waals surface area contributed by atoms with E-state index in [0.717, 1.165) is 35.7 Å². The zero-order valence-corrected chi connectivity index (χ0v) is 15.6. The molecule has 1 aromatic carbocycles. The number of rotatable bonds is 4. The third-order valence-corrected chi connectivity index (χ3v) is 6.39. The number of aromatic nitrogens is 1. The first-order valence-electron chi connectivity index (χ1n) is 8.95. The molecule has 0 unspecified atom stereocenters. The Morgan fingerprint density at radius 1 is 1.27 bits per heavy atom. The van der Waals surface area contributed by atoms with Crippen LogP contribution >= 0.6 is 0 Å². The maximum absolute atomic E-state index is 12.6. The van der Waals surface area contributed by atoms with E-state index in [9.17, 15) is 13.2 Å². The Morgan fingerprint density at radius 2 is 2.00 bits per heavy atom. The van der Waals surface area contributed by atoms with Crippen molar-refractivity contribution < 1.29 is 17.6 Å². The van der Waals surface area contributed by atoms with Crippen LogP contribution in [0.4, 0.5) is 0 Å². The molecule has 0 bridgehead atoms. The smallest absolute Gasteiger partial charge is 0.227 e. The van der Waals surface area contributed by atoms with Gasteiger partial charge in [0.2, 0.25) is 5.91 Å². The second-order valence-electron chi connectivity index (χ2n) is 7.21. The van der Waals surface area contributed by atoms with Crippen LogP contribution in [-0.4, -0.2) is 37.0 Å². The molecule has 0 atom stereocenters. The monoisotopic (exact) mass is 374 g/mol. The number of amides is 1. The molecule has 6 nitrogen and oxygen atoms in total. The molecule has 26 heavy (non-hydrogen) atoms. The van der Waals surface area contributed by atoms with E-state index >= 15 is 0 Å². The van der Waals surface area contributed by atoms with Crippen LogP contribution in [0.1, 0.15) is 48.1 Å². The highest BCUT2D eigenvalue weighted by molar-refractivity contribution is 7.90. The number of hydrogen-bond donors (Lipinski definition) is 0. The summed E-state index contributed by atoms with van der Waals surface area (Å²) in [6.07, 6.45) is 5.66. The number of carbonyl (C=O) groups is 1.